The summed E-state index contributed by atoms with van der Waals surface area (Å²) >= 11 is 0. The van der Waals surface area contributed by atoms with Gasteiger partial charge in [0, 0.05) is 25.3 Å². The number of anilines is 2. The zero-order valence-corrected chi connectivity index (χ0v) is 22.5. The van der Waals surface area contributed by atoms with Gasteiger partial charge in [0.05, 0.1) is 24.0 Å². The number of rotatable bonds is 5. The van der Waals surface area contributed by atoms with Crippen LogP contribution < -0.4 is 25.8 Å². The maximum atomic E-state index is 16.3. The lowest BCUT2D eigenvalue weighted by Crippen LogP contribution is -2.33. The number of nitrogens with two attached hydrogens (primary N) is 1. The minimum atomic E-state index is -5.05. The summed E-state index contributed by atoms with van der Waals surface area (Å²) in [6.07, 6.45) is -3.30. The molecule has 1 aromatic carbocycles. The number of ether oxygens (including phenoxy) is 2. The van der Waals surface area contributed by atoms with Crippen LogP contribution in [-0.4, -0.2) is 59.0 Å². The number of aromatic nitrogens is 3. The highest BCUT2D eigenvalue weighted by molar-refractivity contribution is 5.96. The number of nitrogens with one attached hydrogen (secondary N) is 2. The smallest absolute Gasteiger partial charge is 0.417 e. The molecule has 2 aliphatic rings. The molecule has 1 saturated carbocycles. The Hall–Kier alpha value is -3.52. The van der Waals surface area contributed by atoms with Crippen LogP contribution in [0.1, 0.15) is 37.3 Å². The van der Waals surface area contributed by atoms with E-state index < -0.39 is 52.0 Å². The zero-order chi connectivity index (χ0) is 29.5. The van der Waals surface area contributed by atoms with Gasteiger partial charge in [0.25, 0.3) is 0 Å². The van der Waals surface area contributed by atoms with E-state index in [9.17, 15) is 22.7 Å². The average molecular weight is 583 g/mol. The van der Waals surface area contributed by atoms with Gasteiger partial charge in [-0.05, 0) is 63.1 Å². The highest BCUT2D eigenvalue weighted by atomic mass is 19.4. The molecule has 5 rings (SSSR count). The first-order valence-corrected chi connectivity index (χ1v) is 13.4. The predicted octanol–water partition coefficient (Wildman–Crippen LogP) is 4.45. The molecule has 0 bridgehead atoms. The van der Waals surface area contributed by atoms with Crippen LogP contribution in [0.4, 0.5) is 33.5 Å². The van der Waals surface area contributed by atoms with Crippen LogP contribution in [0.15, 0.2) is 6.07 Å². The van der Waals surface area contributed by atoms with Crippen LogP contribution in [-0.2, 0) is 6.18 Å². The van der Waals surface area contributed by atoms with Crippen LogP contribution in [0.5, 0.6) is 11.9 Å². The van der Waals surface area contributed by atoms with E-state index in [4.69, 9.17) is 15.2 Å². The number of nitrogens with zero attached hydrogens (tertiary/aromatic N) is 3. The van der Waals surface area contributed by atoms with Gasteiger partial charge in [-0.2, -0.15) is 23.1 Å². The Morgan fingerprint density at radius 3 is 2.51 bits per heavy atom. The van der Waals surface area contributed by atoms with E-state index in [1.807, 2.05) is 0 Å². The highest BCUT2D eigenvalue weighted by Gasteiger charge is 2.39. The number of benzene rings is 1. The van der Waals surface area contributed by atoms with E-state index in [-0.39, 0.29) is 53.7 Å². The summed E-state index contributed by atoms with van der Waals surface area (Å²) in [6.45, 7) is 4.36. The Morgan fingerprint density at radius 2 is 1.83 bits per heavy atom. The van der Waals surface area contributed by atoms with E-state index in [0.717, 1.165) is 25.8 Å². The predicted molar refractivity (Wildman–Crippen MR) is 142 cm³/mol. The number of pyridine rings is 1. The molecule has 1 aliphatic carbocycles. The number of aliphatic hydroxyl groups excluding tert-OH is 1. The monoisotopic (exact) mass is 582 g/mol. The van der Waals surface area contributed by atoms with E-state index in [2.05, 4.69) is 25.6 Å². The van der Waals surface area contributed by atoms with E-state index in [1.54, 1.807) is 6.92 Å². The Kier molecular flexibility index (Phi) is 8.06. The van der Waals surface area contributed by atoms with Crippen molar-refractivity contribution in [3.05, 3.63) is 28.8 Å². The molecular formula is C27H31F5N6O3. The van der Waals surface area contributed by atoms with Crippen molar-refractivity contribution in [2.75, 3.05) is 43.9 Å². The summed E-state index contributed by atoms with van der Waals surface area (Å²) in [6, 6.07) is 0.518. The summed E-state index contributed by atoms with van der Waals surface area (Å²) in [7, 11) is 0. The summed E-state index contributed by atoms with van der Waals surface area (Å²) in [5, 5.41) is 15.9. The molecule has 0 saturated heterocycles. The third kappa shape index (κ3) is 5.67. The highest BCUT2D eigenvalue weighted by Crippen LogP contribution is 2.45. The first-order chi connectivity index (χ1) is 19.5. The van der Waals surface area contributed by atoms with Crippen LogP contribution >= 0.6 is 0 Å². The molecule has 5 N–H and O–H groups in total. The molecule has 3 atom stereocenters. The van der Waals surface area contributed by atoms with Gasteiger partial charge in [0.2, 0.25) is 5.88 Å². The number of nitrogen functional groups attached to an aromatic ring is 1. The quantitative estimate of drug-likeness (QED) is 0.255. The molecule has 14 heteroatoms. The molecule has 1 aliphatic heterocycles. The lowest BCUT2D eigenvalue weighted by molar-refractivity contribution is -0.137. The van der Waals surface area contributed by atoms with Gasteiger partial charge in [-0.15, -0.1) is 0 Å². The van der Waals surface area contributed by atoms with Crippen LogP contribution in [0.3, 0.4) is 0 Å². The number of alkyl halides is 3. The van der Waals surface area contributed by atoms with Gasteiger partial charge < -0.3 is 30.9 Å². The van der Waals surface area contributed by atoms with Gasteiger partial charge in [0.1, 0.15) is 28.2 Å². The topological polar surface area (TPSA) is 127 Å². The molecular weight excluding hydrogens is 551 g/mol. The van der Waals surface area contributed by atoms with Crippen molar-refractivity contribution >= 4 is 22.4 Å². The maximum absolute atomic E-state index is 16.3. The standard InChI is InChI=1S/C27H31F5N6O3/c1-12-5-6-34-7-8-35-24-18-23(37-26(38-24)40-11-15-4-3-14(15)10-39)21(29)22(36-25(18)41-12)16-9-17(33)20(28)13(2)19(16)27(30,31)32/h9,12,14-15,34,39H,3-8,10-11,33H2,1-2H3,(H,35,37,38). The van der Waals surface area contributed by atoms with E-state index in [0.29, 0.717) is 26.1 Å². The Bertz CT molecular complexity index is 1450. The van der Waals surface area contributed by atoms with Crippen molar-refractivity contribution in [3.63, 3.8) is 0 Å². The summed E-state index contributed by atoms with van der Waals surface area (Å²) in [5.41, 5.74) is 1.05. The largest absolute Gasteiger partial charge is 0.474 e. The molecule has 3 unspecified atom stereocenters. The average Bonchev–Trinajstić information content (AvgIpc) is 2.92. The van der Waals surface area contributed by atoms with Crippen molar-refractivity contribution in [3.8, 4) is 23.1 Å². The fourth-order valence-electron chi connectivity index (χ4n) is 5.18. The van der Waals surface area contributed by atoms with Crippen molar-refractivity contribution in [2.45, 2.75) is 45.4 Å². The lowest BCUT2D eigenvalue weighted by atomic mass is 9.75. The lowest BCUT2D eigenvalue weighted by Gasteiger charge is -2.34. The SMILES string of the molecule is Cc1c(F)c(N)cc(-c2nc3c4c(nc(OCC5CCC5CO)nc4c2F)NCCNCCC(C)O3)c1C(F)(F)F. The Balaban J connectivity index is 1.73. The van der Waals surface area contributed by atoms with Gasteiger partial charge in [-0.3, -0.25) is 0 Å². The number of aliphatic hydroxyl groups is 1. The van der Waals surface area contributed by atoms with Crippen molar-refractivity contribution in [2.24, 2.45) is 11.8 Å². The Morgan fingerprint density at radius 1 is 1.07 bits per heavy atom. The molecule has 3 aromatic rings. The zero-order valence-electron chi connectivity index (χ0n) is 22.5. The Labute approximate surface area is 232 Å². The van der Waals surface area contributed by atoms with Crippen molar-refractivity contribution in [1.29, 1.82) is 0 Å². The third-order valence-corrected chi connectivity index (χ3v) is 7.67. The van der Waals surface area contributed by atoms with Crippen molar-refractivity contribution in [1.82, 2.24) is 20.3 Å². The molecule has 3 heterocycles. The molecule has 0 radical (unpaired) electrons. The maximum Gasteiger partial charge on any atom is 0.417 e. The minimum absolute atomic E-state index is 0.0106. The second-order valence-corrected chi connectivity index (χ2v) is 10.5. The van der Waals surface area contributed by atoms with E-state index in [1.165, 1.54) is 0 Å². The van der Waals surface area contributed by atoms with Crippen molar-refractivity contribution < 1.29 is 36.5 Å². The normalized spacial score (nSPS) is 21.4. The molecule has 1 fully saturated rings. The van der Waals surface area contributed by atoms with Crippen LogP contribution in [0.2, 0.25) is 0 Å². The fraction of sp³-hybridized carbons (Fsp3) is 0.519. The van der Waals surface area contributed by atoms with Crippen LogP contribution in [0.25, 0.3) is 22.2 Å². The molecule has 0 spiro atoms. The summed E-state index contributed by atoms with van der Waals surface area (Å²) in [5.74, 6) is -2.37. The minimum Gasteiger partial charge on any atom is -0.474 e. The van der Waals surface area contributed by atoms with Gasteiger partial charge >= 0.3 is 12.2 Å². The fourth-order valence-corrected chi connectivity index (χ4v) is 5.18. The van der Waals surface area contributed by atoms with Gasteiger partial charge in [-0.1, -0.05) is 0 Å². The number of halogens is 5. The summed E-state index contributed by atoms with van der Waals surface area (Å²) < 4.78 is 85.3. The molecule has 9 nitrogen and oxygen atoms in total. The summed E-state index contributed by atoms with van der Waals surface area (Å²) in [4.78, 5) is 12.9. The first kappa shape index (κ1) is 29.0. The molecule has 222 valence electrons. The van der Waals surface area contributed by atoms with Gasteiger partial charge in [-0.25, -0.2) is 13.8 Å². The second-order valence-electron chi connectivity index (χ2n) is 10.5. The molecule has 41 heavy (non-hydrogen) atoms. The van der Waals surface area contributed by atoms with Crippen LogP contribution in [0, 0.1) is 30.4 Å². The van der Waals surface area contributed by atoms with E-state index >= 15 is 4.39 Å². The third-order valence-electron chi connectivity index (χ3n) is 7.67. The second kappa shape index (κ2) is 11.4. The first-order valence-electron chi connectivity index (χ1n) is 13.4. The number of hydrogen-bond donors (Lipinski definition) is 4. The molecule has 0 amide bonds. The molecule has 2 aromatic heterocycles. The van der Waals surface area contributed by atoms with Gasteiger partial charge in [0.15, 0.2) is 5.82 Å². The number of hydrogen-bond acceptors (Lipinski definition) is 9.